The Morgan fingerprint density at radius 2 is 1.95 bits per heavy atom. The van der Waals surface area contributed by atoms with Crippen molar-refractivity contribution in [2.75, 3.05) is 0 Å². The highest BCUT2D eigenvalue weighted by molar-refractivity contribution is 6.32. The minimum atomic E-state index is -1.35. The van der Waals surface area contributed by atoms with Crippen molar-refractivity contribution in [1.82, 2.24) is 5.32 Å². The van der Waals surface area contributed by atoms with Gasteiger partial charge in [-0.25, -0.2) is 4.79 Å². The first-order valence-electron chi connectivity index (χ1n) is 5.70. The molecule has 1 aromatic rings. The highest BCUT2D eigenvalue weighted by atomic mass is 35.5. The maximum Gasteiger partial charge on any atom is 0.328 e. The quantitative estimate of drug-likeness (QED) is 0.868. The fourth-order valence-electron chi connectivity index (χ4n) is 1.25. The molecule has 19 heavy (non-hydrogen) atoms. The minimum Gasteiger partial charge on any atom is -0.480 e. The Balaban J connectivity index is 2.69. The lowest BCUT2D eigenvalue weighted by Crippen LogP contribution is -2.53. The molecule has 0 aliphatic rings. The highest BCUT2D eigenvalue weighted by Gasteiger charge is 2.31. The van der Waals surface area contributed by atoms with Crippen LogP contribution in [0.2, 0.25) is 5.02 Å². The Morgan fingerprint density at radius 3 is 2.47 bits per heavy atom. The molecule has 1 rings (SSSR count). The van der Waals surface area contributed by atoms with Crippen LogP contribution in [0.4, 0.5) is 0 Å². The van der Waals surface area contributed by atoms with Gasteiger partial charge in [-0.15, -0.1) is 0 Å². The van der Waals surface area contributed by atoms with Crippen molar-refractivity contribution in [1.29, 1.82) is 0 Å². The summed E-state index contributed by atoms with van der Waals surface area (Å²) in [6.45, 7) is 4.32. The zero-order chi connectivity index (χ0) is 14.6. The first kappa shape index (κ1) is 15.3. The number of hydrogen-bond acceptors (Lipinski definition) is 3. The van der Waals surface area contributed by atoms with Crippen LogP contribution in [0.1, 0.15) is 20.8 Å². The van der Waals surface area contributed by atoms with E-state index >= 15 is 0 Å². The van der Waals surface area contributed by atoms with E-state index in [1.165, 1.54) is 20.8 Å². The second-order valence-corrected chi connectivity index (χ2v) is 5.02. The van der Waals surface area contributed by atoms with Gasteiger partial charge in [-0.2, -0.15) is 0 Å². The van der Waals surface area contributed by atoms with Crippen LogP contribution in [-0.4, -0.2) is 28.6 Å². The van der Waals surface area contributed by atoms with E-state index in [1.807, 2.05) is 0 Å². The van der Waals surface area contributed by atoms with Gasteiger partial charge in [0.1, 0.15) is 11.3 Å². The summed E-state index contributed by atoms with van der Waals surface area (Å²) in [5.74, 6) is -1.27. The van der Waals surface area contributed by atoms with Gasteiger partial charge < -0.3 is 15.2 Å². The topological polar surface area (TPSA) is 75.6 Å². The standard InChI is InChI=1S/C13H16ClNO4/c1-8(11(16)15-13(2,3)12(17)18)19-10-7-5-4-6-9(10)14/h4-8H,1-3H3,(H,15,16)(H,17,18). The number of carboxylic acid groups (broad SMARTS) is 1. The second-order valence-electron chi connectivity index (χ2n) is 4.61. The number of carbonyl (C=O) groups excluding carboxylic acids is 1. The van der Waals surface area contributed by atoms with Gasteiger partial charge in [-0.05, 0) is 32.9 Å². The first-order valence-corrected chi connectivity index (χ1v) is 6.08. The smallest absolute Gasteiger partial charge is 0.328 e. The highest BCUT2D eigenvalue weighted by Crippen LogP contribution is 2.24. The maximum absolute atomic E-state index is 11.8. The number of rotatable bonds is 5. The van der Waals surface area contributed by atoms with Crippen molar-refractivity contribution in [3.63, 3.8) is 0 Å². The monoisotopic (exact) mass is 285 g/mol. The molecular formula is C13H16ClNO4. The van der Waals surface area contributed by atoms with Crippen LogP contribution < -0.4 is 10.1 Å². The Labute approximate surface area is 116 Å². The zero-order valence-electron chi connectivity index (χ0n) is 10.9. The Morgan fingerprint density at radius 1 is 1.37 bits per heavy atom. The van der Waals surface area contributed by atoms with Crippen LogP contribution in [0.25, 0.3) is 0 Å². The van der Waals surface area contributed by atoms with Gasteiger partial charge in [-0.3, -0.25) is 4.79 Å². The molecule has 0 saturated carbocycles. The van der Waals surface area contributed by atoms with Crippen LogP contribution in [0, 0.1) is 0 Å². The number of amides is 1. The van der Waals surface area contributed by atoms with Crippen LogP contribution in [0.15, 0.2) is 24.3 Å². The lowest BCUT2D eigenvalue weighted by molar-refractivity contribution is -0.147. The van der Waals surface area contributed by atoms with E-state index in [2.05, 4.69) is 5.32 Å². The largest absolute Gasteiger partial charge is 0.480 e. The van der Waals surface area contributed by atoms with E-state index in [0.717, 1.165) is 0 Å². The van der Waals surface area contributed by atoms with Gasteiger partial charge in [0.25, 0.3) is 5.91 Å². The molecule has 6 heteroatoms. The van der Waals surface area contributed by atoms with E-state index in [4.69, 9.17) is 21.4 Å². The molecule has 1 unspecified atom stereocenters. The summed E-state index contributed by atoms with van der Waals surface area (Å²) in [5.41, 5.74) is -1.35. The third-order valence-corrected chi connectivity index (χ3v) is 2.79. The molecule has 5 nitrogen and oxygen atoms in total. The molecule has 0 fully saturated rings. The fourth-order valence-corrected chi connectivity index (χ4v) is 1.43. The minimum absolute atomic E-state index is 0.375. The van der Waals surface area contributed by atoms with E-state index in [-0.39, 0.29) is 0 Å². The molecule has 0 bridgehead atoms. The van der Waals surface area contributed by atoms with Crippen molar-refractivity contribution < 1.29 is 19.4 Å². The number of halogens is 1. The van der Waals surface area contributed by atoms with Gasteiger partial charge in [0, 0.05) is 0 Å². The predicted octanol–water partition coefficient (Wildman–Crippen LogP) is 2.09. The number of ether oxygens (including phenoxy) is 1. The van der Waals surface area contributed by atoms with Gasteiger partial charge in [-0.1, -0.05) is 23.7 Å². The molecule has 104 valence electrons. The molecule has 0 aliphatic carbocycles. The first-order chi connectivity index (χ1) is 8.74. The maximum atomic E-state index is 11.8. The summed E-state index contributed by atoms with van der Waals surface area (Å²) in [6, 6.07) is 6.75. The summed E-state index contributed by atoms with van der Waals surface area (Å²) in [4.78, 5) is 22.8. The van der Waals surface area contributed by atoms with Crippen molar-refractivity contribution in [3.05, 3.63) is 29.3 Å². The average Bonchev–Trinajstić information content (AvgIpc) is 2.31. The van der Waals surface area contributed by atoms with Gasteiger partial charge in [0.15, 0.2) is 6.10 Å². The Kier molecular flexibility index (Phi) is 4.78. The number of carbonyl (C=O) groups is 2. The molecule has 0 aliphatic heterocycles. The predicted molar refractivity (Wildman–Crippen MR) is 71.4 cm³/mol. The van der Waals surface area contributed by atoms with E-state index < -0.39 is 23.5 Å². The molecule has 2 N–H and O–H groups in total. The van der Waals surface area contributed by atoms with Gasteiger partial charge >= 0.3 is 5.97 Å². The summed E-state index contributed by atoms with van der Waals surface area (Å²) in [5, 5.41) is 11.7. The Bertz CT molecular complexity index is 487. The van der Waals surface area contributed by atoms with Crippen molar-refractivity contribution in [3.8, 4) is 5.75 Å². The number of benzene rings is 1. The van der Waals surface area contributed by atoms with E-state index in [0.29, 0.717) is 10.8 Å². The van der Waals surface area contributed by atoms with Crippen LogP contribution in [0.3, 0.4) is 0 Å². The lowest BCUT2D eigenvalue weighted by atomic mass is 10.1. The van der Waals surface area contributed by atoms with Crippen molar-refractivity contribution in [2.45, 2.75) is 32.4 Å². The van der Waals surface area contributed by atoms with Gasteiger partial charge in [0.2, 0.25) is 0 Å². The third-order valence-electron chi connectivity index (χ3n) is 2.48. The second kappa shape index (κ2) is 5.93. The van der Waals surface area contributed by atoms with E-state index in [1.54, 1.807) is 24.3 Å². The van der Waals surface area contributed by atoms with Crippen molar-refractivity contribution in [2.24, 2.45) is 0 Å². The molecule has 0 heterocycles. The number of carboxylic acids is 1. The third kappa shape index (κ3) is 4.13. The zero-order valence-corrected chi connectivity index (χ0v) is 11.7. The molecule has 0 spiro atoms. The van der Waals surface area contributed by atoms with Crippen LogP contribution >= 0.6 is 11.6 Å². The fraction of sp³-hybridized carbons (Fsp3) is 0.385. The number of aliphatic carboxylic acids is 1. The average molecular weight is 286 g/mol. The van der Waals surface area contributed by atoms with Crippen molar-refractivity contribution >= 4 is 23.5 Å². The number of para-hydroxylation sites is 1. The molecule has 0 saturated heterocycles. The van der Waals surface area contributed by atoms with Crippen LogP contribution in [0.5, 0.6) is 5.75 Å². The summed E-state index contributed by atoms with van der Waals surface area (Å²) < 4.78 is 5.40. The number of hydrogen-bond donors (Lipinski definition) is 2. The lowest BCUT2D eigenvalue weighted by Gasteiger charge is -2.23. The Hall–Kier alpha value is -1.75. The molecular weight excluding hydrogens is 270 g/mol. The molecule has 1 atom stereocenters. The summed E-state index contributed by atoms with van der Waals surface area (Å²) >= 11 is 5.91. The molecule has 0 radical (unpaired) electrons. The molecule has 1 amide bonds. The number of nitrogens with one attached hydrogen (secondary N) is 1. The van der Waals surface area contributed by atoms with Gasteiger partial charge in [0.05, 0.1) is 5.02 Å². The summed E-state index contributed by atoms with van der Waals surface area (Å²) in [7, 11) is 0. The SMILES string of the molecule is CC(Oc1ccccc1Cl)C(=O)NC(C)(C)C(=O)O. The normalized spacial score (nSPS) is 12.6. The van der Waals surface area contributed by atoms with E-state index in [9.17, 15) is 9.59 Å². The molecule has 0 aromatic heterocycles. The molecule has 1 aromatic carbocycles. The summed E-state index contributed by atoms with van der Waals surface area (Å²) in [6.07, 6.45) is -0.849. The van der Waals surface area contributed by atoms with Crippen LogP contribution in [-0.2, 0) is 9.59 Å².